The van der Waals surface area contributed by atoms with Crippen LogP contribution in [0.1, 0.15) is 36.8 Å². The maximum absolute atomic E-state index is 13.2. The molecule has 3 rings (SSSR count). The molecule has 2 fully saturated rings. The highest BCUT2D eigenvalue weighted by Gasteiger charge is 2.31. The summed E-state index contributed by atoms with van der Waals surface area (Å²) in [5, 5.41) is 12.4. The van der Waals surface area contributed by atoms with Gasteiger partial charge < -0.3 is 10.2 Å². The van der Waals surface area contributed by atoms with Crippen molar-refractivity contribution in [3.63, 3.8) is 0 Å². The van der Waals surface area contributed by atoms with Gasteiger partial charge in [-0.05, 0) is 56.5 Å². The molecule has 1 aromatic carbocycles. The minimum Gasteiger partial charge on any atom is -0.310 e. The zero-order valence-electron chi connectivity index (χ0n) is 11.6. The number of halogens is 1. The first kappa shape index (κ1) is 13.5. The molecular formula is C16H20FN3. The van der Waals surface area contributed by atoms with E-state index in [1.807, 2.05) is 6.07 Å². The van der Waals surface area contributed by atoms with E-state index < -0.39 is 5.82 Å². The van der Waals surface area contributed by atoms with Crippen LogP contribution in [0.3, 0.4) is 0 Å². The largest absolute Gasteiger partial charge is 0.310 e. The summed E-state index contributed by atoms with van der Waals surface area (Å²) >= 11 is 0. The molecule has 1 N–H and O–H groups in total. The van der Waals surface area contributed by atoms with Crippen molar-refractivity contribution in [2.45, 2.75) is 44.3 Å². The van der Waals surface area contributed by atoms with Gasteiger partial charge in [0.2, 0.25) is 0 Å². The highest BCUT2D eigenvalue weighted by Crippen LogP contribution is 2.29. The number of hydrogen-bond donors (Lipinski definition) is 1. The van der Waals surface area contributed by atoms with E-state index >= 15 is 0 Å². The summed E-state index contributed by atoms with van der Waals surface area (Å²) in [4.78, 5) is 2.60. The van der Waals surface area contributed by atoms with Gasteiger partial charge in [-0.25, -0.2) is 4.39 Å². The fraction of sp³-hybridized carbons (Fsp3) is 0.562. The van der Waals surface area contributed by atoms with Crippen molar-refractivity contribution in [2.24, 2.45) is 0 Å². The minimum absolute atomic E-state index is 0.132. The van der Waals surface area contributed by atoms with Crippen LogP contribution in [0.25, 0.3) is 0 Å². The number of nitriles is 1. The normalized spacial score (nSPS) is 20.8. The van der Waals surface area contributed by atoms with Crippen molar-refractivity contribution in [1.29, 1.82) is 5.26 Å². The maximum atomic E-state index is 13.2. The van der Waals surface area contributed by atoms with E-state index in [2.05, 4.69) is 10.2 Å². The molecule has 2 aliphatic rings. The molecule has 0 bridgehead atoms. The van der Waals surface area contributed by atoms with Crippen LogP contribution in [0.15, 0.2) is 18.2 Å². The highest BCUT2D eigenvalue weighted by atomic mass is 19.1. The quantitative estimate of drug-likeness (QED) is 0.915. The molecule has 0 aromatic heterocycles. The minimum atomic E-state index is -0.436. The Morgan fingerprint density at radius 2 is 2.00 bits per heavy atom. The lowest BCUT2D eigenvalue weighted by Gasteiger charge is -2.32. The van der Waals surface area contributed by atoms with Gasteiger partial charge >= 0.3 is 0 Å². The summed E-state index contributed by atoms with van der Waals surface area (Å²) in [6, 6.07) is 8.07. The average Bonchev–Trinajstić information content (AvgIpc) is 3.32. The molecule has 1 aliphatic heterocycles. The number of nitrogens with zero attached hydrogens (tertiary/aromatic N) is 2. The van der Waals surface area contributed by atoms with Gasteiger partial charge in [0.15, 0.2) is 0 Å². The third-order valence-electron chi connectivity index (χ3n) is 4.34. The first-order valence-electron chi connectivity index (χ1n) is 7.42. The standard InChI is InChI=1S/C16H20FN3/c17-16-4-1-12(9-13(16)10-18)11-19-14-5-7-20(8-6-14)15-2-3-15/h1,4,9,14-15,19H,2-3,5-8,11H2. The molecule has 20 heavy (non-hydrogen) atoms. The topological polar surface area (TPSA) is 39.1 Å². The Labute approximate surface area is 119 Å². The summed E-state index contributed by atoms with van der Waals surface area (Å²) in [5.74, 6) is -0.436. The van der Waals surface area contributed by atoms with Gasteiger partial charge in [0.05, 0.1) is 5.56 Å². The highest BCUT2D eigenvalue weighted by molar-refractivity contribution is 5.34. The molecule has 0 spiro atoms. The molecule has 0 unspecified atom stereocenters. The molecule has 106 valence electrons. The van der Waals surface area contributed by atoms with E-state index in [-0.39, 0.29) is 5.56 Å². The predicted molar refractivity (Wildman–Crippen MR) is 75.6 cm³/mol. The second-order valence-electron chi connectivity index (χ2n) is 5.85. The van der Waals surface area contributed by atoms with Crippen LogP contribution in [-0.4, -0.2) is 30.1 Å². The number of piperidine rings is 1. The summed E-state index contributed by atoms with van der Waals surface area (Å²) in [6.45, 7) is 3.09. The third-order valence-corrected chi connectivity index (χ3v) is 4.34. The summed E-state index contributed by atoms with van der Waals surface area (Å²) in [7, 11) is 0. The fourth-order valence-electron chi connectivity index (χ4n) is 2.94. The zero-order valence-corrected chi connectivity index (χ0v) is 11.6. The smallest absolute Gasteiger partial charge is 0.140 e. The molecule has 1 saturated carbocycles. The Bertz CT molecular complexity index is 511. The Morgan fingerprint density at radius 3 is 2.65 bits per heavy atom. The van der Waals surface area contributed by atoms with Crippen LogP contribution in [0.5, 0.6) is 0 Å². The van der Waals surface area contributed by atoms with Crippen LogP contribution in [0.4, 0.5) is 4.39 Å². The van der Waals surface area contributed by atoms with Gasteiger partial charge in [-0.3, -0.25) is 0 Å². The van der Waals surface area contributed by atoms with E-state index in [9.17, 15) is 4.39 Å². The molecule has 1 saturated heterocycles. The van der Waals surface area contributed by atoms with E-state index in [1.54, 1.807) is 12.1 Å². The van der Waals surface area contributed by atoms with Crippen LogP contribution in [-0.2, 0) is 6.54 Å². The lowest BCUT2D eigenvalue weighted by molar-refractivity contribution is 0.189. The monoisotopic (exact) mass is 273 g/mol. The summed E-state index contributed by atoms with van der Waals surface area (Å²) in [6.07, 6.45) is 5.13. The molecular weight excluding hydrogens is 253 g/mol. The average molecular weight is 273 g/mol. The van der Waals surface area contributed by atoms with E-state index in [4.69, 9.17) is 5.26 Å². The number of nitrogens with one attached hydrogen (secondary N) is 1. The van der Waals surface area contributed by atoms with Gasteiger partial charge in [0, 0.05) is 18.6 Å². The second kappa shape index (κ2) is 5.90. The van der Waals surface area contributed by atoms with E-state index in [0.717, 1.165) is 11.6 Å². The van der Waals surface area contributed by atoms with Crippen LogP contribution >= 0.6 is 0 Å². The van der Waals surface area contributed by atoms with E-state index in [0.29, 0.717) is 12.6 Å². The number of rotatable bonds is 4. The molecule has 0 radical (unpaired) electrons. The lowest BCUT2D eigenvalue weighted by Crippen LogP contribution is -2.43. The number of likely N-dealkylation sites (tertiary alicyclic amines) is 1. The van der Waals surface area contributed by atoms with Crippen LogP contribution in [0.2, 0.25) is 0 Å². The Balaban J connectivity index is 1.49. The molecule has 4 heteroatoms. The van der Waals surface area contributed by atoms with Gasteiger partial charge in [0.1, 0.15) is 11.9 Å². The summed E-state index contributed by atoms with van der Waals surface area (Å²) < 4.78 is 13.2. The van der Waals surface area contributed by atoms with Crippen LogP contribution < -0.4 is 5.32 Å². The SMILES string of the molecule is N#Cc1cc(CNC2CCN(C3CC3)CC2)ccc1F. The first-order chi connectivity index (χ1) is 9.76. The molecule has 0 atom stereocenters. The number of hydrogen-bond acceptors (Lipinski definition) is 3. The molecule has 1 aliphatic carbocycles. The first-order valence-corrected chi connectivity index (χ1v) is 7.42. The second-order valence-corrected chi connectivity index (χ2v) is 5.85. The molecule has 3 nitrogen and oxygen atoms in total. The molecule has 0 amide bonds. The maximum Gasteiger partial charge on any atom is 0.140 e. The van der Waals surface area contributed by atoms with Gasteiger partial charge in [-0.2, -0.15) is 5.26 Å². The van der Waals surface area contributed by atoms with E-state index in [1.165, 1.54) is 44.8 Å². The zero-order chi connectivity index (χ0) is 13.9. The van der Waals surface area contributed by atoms with Crippen molar-refractivity contribution in [1.82, 2.24) is 10.2 Å². The predicted octanol–water partition coefficient (Wildman–Crippen LogP) is 2.41. The summed E-state index contributed by atoms with van der Waals surface area (Å²) in [5.41, 5.74) is 1.11. The van der Waals surface area contributed by atoms with Crippen molar-refractivity contribution in [2.75, 3.05) is 13.1 Å². The van der Waals surface area contributed by atoms with Crippen LogP contribution in [0, 0.1) is 17.1 Å². The van der Waals surface area contributed by atoms with Crippen molar-refractivity contribution < 1.29 is 4.39 Å². The lowest BCUT2D eigenvalue weighted by atomic mass is 10.0. The Kier molecular flexibility index (Phi) is 4.00. The Morgan fingerprint density at radius 1 is 1.25 bits per heavy atom. The van der Waals surface area contributed by atoms with Gasteiger partial charge in [-0.1, -0.05) is 6.07 Å². The van der Waals surface area contributed by atoms with Crippen molar-refractivity contribution >= 4 is 0 Å². The molecule has 1 aromatic rings. The Hall–Kier alpha value is -1.44. The molecule has 1 heterocycles. The van der Waals surface area contributed by atoms with Gasteiger partial charge in [0.25, 0.3) is 0 Å². The number of benzene rings is 1. The van der Waals surface area contributed by atoms with Crippen molar-refractivity contribution in [3.8, 4) is 6.07 Å². The fourth-order valence-corrected chi connectivity index (χ4v) is 2.94. The third kappa shape index (κ3) is 3.17. The van der Waals surface area contributed by atoms with Crippen molar-refractivity contribution in [3.05, 3.63) is 35.1 Å². The van der Waals surface area contributed by atoms with Gasteiger partial charge in [-0.15, -0.1) is 0 Å².